The van der Waals surface area contributed by atoms with Crippen molar-refractivity contribution in [2.24, 2.45) is 4.99 Å². The molecule has 23 heavy (non-hydrogen) atoms. The van der Waals surface area contributed by atoms with Crippen LogP contribution in [0.2, 0.25) is 0 Å². The van der Waals surface area contributed by atoms with Crippen molar-refractivity contribution in [3.63, 3.8) is 0 Å². The van der Waals surface area contributed by atoms with Gasteiger partial charge in [0.05, 0.1) is 19.4 Å². The minimum Gasteiger partial charge on any atom is -0.497 e. The molecule has 0 bridgehead atoms. The van der Waals surface area contributed by atoms with Gasteiger partial charge in [0.25, 0.3) is 0 Å². The molecule has 0 atom stereocenters. The maximum absolute atomic E-state index is 13.9. The number of halogens is 3. The van der Waals surface area contributed by atoms with Crippen molar-refractivity contribution in [2.45, 2.75) is 25.7 Å². The Morgan fingerprint density at radius 2 is 2.00 bits per heavy atom. The zero-order valence-corrected chi connectivity index (χ0v) is 13.6. The topological polar surface area (TPSA) is 47.9 Å². The van der Waals surface area contributed by atoms with Crippen molar-refractivity contribution in [3.05, 3.63) is 36.4 Å². The van der Waals surface area contributed by atoms with Crippen molar-refractivity contribution in [2.75, 3.05) is 13.7 Å². The van der Waals surface area contributed by atoms with E-state index in [4.69, 9.17) is 16.3 Å². The van der Waals surface area contributed by atoms with Crippen LogP contribution in [0.5, 0.6) is 5.75 Å². The first-order valence-electron chi connectivity index (χ1n) is 6.99. The van der Waals surface area contributed by atoms with Crippen molar-refractivity contribution >= 4 is 28.4 Å². The number of carbonyl (C=O) groups excluding carboxylic acids is 1. The van der Waals surface area contributed by atoms with Crippen molar-refractivity contribution in [3.8, 4) is 5.75 Å². The number of rotatable bonds is 8. The number of hydrogen-bond donors (Lipinski definition) is 0. The lowest BCUT2D eigenvalue weighted by atomic mass is 10.2. The third-order valence-corrected chi connectivity index (χ3v) is 3.13. The molecule has 0 aliphatic rings. The van der Waals surface area contributed by atoms with Crippen molar-refractivity contribution < 1.29 is 23.0 Å². The predicted octanol–water partition coefficient (Wildman–Crippen LogP) is 4.50. The average molecular weight is 346 g/mol. The molecule has 0 aromatic heterocycles. The molecule has 0 radical (unpaired) electrons. The summed E-state index contributed by atoms with van der Waals surface area (Å²) in [5.41, 5.74) is 0.303. The molecule has 0 saturated carbocycles. The fourth-order valence-electron chi connectivity index (χ4n) is 1.59. The number of benzene rings is 1. The van der Waals surface area contributed by atoms with E-state index in [0.717, 1.165) is 6.08 Å². The molecule has 1 aromatic rings. The second kappa shape index (κ2) is 9.25. The maximum Gasteiger partial charge on any atom is 0.330 e. The Kier molecular flexibility index (Phi) is 7.68. The van der Waals surface area contributed by atoms with E-state index in [9.17, 15) is 13.6 Å². The van der Waals surface area contributed by atoms with E-state index in [-0.39, 0.29) is 13.0 Å². The van der Waals surface area contributed by atoms with Crippen LogP contribution in [0.15, 0.2) is 41.4 Å². The molecule has 1 aromatic carbocycles. The Bertz CT molecular complexity index is 571. The zero-order chi connectivity index (χ0) is 17.3. The molecule has 126 valence electrons. The van der Waals surface area contributed by atoms with E-state index in [1.54, 1.807) is 19.1 Å². The average Bonchev–Trinajstić information content (AvgIpc) is 2.52. The van der Waals surface area contributed by atoms with Gasteiger partial charge < -0.3 is 9.47 Å². The molecule has 0 fully saturated rings. The predicted molar refractivity (Wildman–Crippen MR) is 85.9 cm³/mol. The number of methoxy groups -OCH3 is 1. The largest absolute Gasteiger partial charge is 0.497 e. The van der Waals surface area contributed by atoms with E-state index in [1.807, 2.05) is 0 Å². The summed E-state index contributed by atoms with van der Waals surface area (Å²) in [6, 6.07) is 6.25. The molecular weight excluding hydrogens is 328 g/mol. The van der Waals surface area contributed by atoms with Crippen LogP contribution in [0.3, 0.4) is 0 Å². The zero-order valence-electron chi connectivity index (χ0n) is 12.9. The van der Waals surface area contributed by atoms with E-state index < -0.39 is 23.5 Å². The van der Waals surface area contributed by atoms with Crippen LogP contribution < -0.4 is 4.74 Å². The standard InChI is InChI=1S/C16H18ClF2NO3/c1-3-23-14(21)6-4-5-11-16(18,19)15(17)20-12-7-9-13(22-2)10-8-12/h4,6-10H,3,5,11H2,1-2H3/b6-4+,20-15?. The number of hydrogen-bond acceptors (Lipinski definition) is 4. The number of alkyl halides is 2. The second-order valence-corrected chi connectivity index (χ2v) is 4.86. The second-order valence-electron chi connectivity index (χ2n) is 4.50. The van der Waals surface area contributed by atoms with Gasteiger partial charge in [0.15, 0.2) is 5.17 Å². The van der Waals surface area contributed by atoms with Gasteiger partial charge in [-0.2, -0.15) is 8.78 Å². The molecule has 0 unspecified atom stereocenters. The van der Waals surface area contributed by atoms with Crippen LogP contribution >= 0.6 is 11.6 Å². The van der Waals surface area contributed by atoms with Crippen LogP contribution in [0, 0.1) is 0 Å². The summed E-state index contributed by atoms with van der Waals surface area (Å²) in [4.78, 5) is 14.7. The molecule has 0 spiro atoms. The normalized spacial score (nSPS) is 12.5. The number of carbonyl (C=O) groups is 1. The first-order chi connectivity index (χ1) is 10.9. The van der Waals surface area contributed by atoms with Gasteiger partial charge in [-0.05, 0) is 37.6 Å². The molecule has 7 heteroatoms. The lowest BCUT2D eigenvalue weighted by Gasteiger charge is -2.13. The quantitative estimate of drug-likeness (QED) is 0.396. The number of esters is 1. The van der Waals surface area contributed by atoms with Gasteiger partial charge in [0, 0.05) is 12.5 Å². The minimum absolute atomic E-state index is 0.0276. The molecule has 0 N–H and O–H groups in total. The highest BCUT2D eigenvalue weighted by Crippen LogP contribution is 2.28. The Hall–Kier alpha value is -1.95. The van der Waals surface area contributed by atoms with Crippen LogP contribution in [-0.2, 0) is 9.53 Å². The lowest BCUT2D eigenvalue weighted by molar-refractivity contribution is -0.137. The fraction of sp³-hybridized carbons (Fsp3) is 0.375. The van der Waals surface area contributed by atoms with Crippen molar-refractivity contribution in [1.82, 2.24) is 0 Å². The fourth-order valence-corrected chi connectivity index (χ4v) is 1.78. The number of nitrogens with zero attached hydrogens (tertiary/aromatic N) is 1. The summed E-state index contributed by atoms with van der Waals surface area (Å²) in [6.45, 7) is 1.90. The third-order valence-electron chi connectivity index (χ3n) is 2.77. The Morgan fingerprint density at radius 1 is 1.35 bits per heavy atom. The van der Waals surface area contributed by atoms with E-state index >= 15 is 0 Å². The van der Waals surface area contributed by atoms with Crippen LogP contribution in [-0.4, -0.2) is 30.8 Å². The highest BCUT2D eigenvalue weighted by Gasteiger charge is 2.34. The lowest BCUT2D eigenvalue weighted by Crippen LogP contribution is -2.23. The molecule has 0 aliphatic heterocycles. The van der Waals surface area contributed by atoms with Crippen molar-refractivity contribution in [1.29, 1.82) is 0 Å². The SMILES string of the molecule is CCOC(=O)/C=C/CCC(F)(F)C(Cl)=Nc1ccc(OC)cc1. The first-order valence-corrected chi connectivity index (χ1v) is 7.36. The Balaban J connectivity index is 2.62. The Morgan fingerprint density at radius 3 is 2.57 bits per heavy atom. The number of aliphatic imine (C=N–C) groups is 1. The molecule has 1 rings (SSSR count). The number of allylic oxidation sites excluding steroid dienone is 1. The Labute approximate surface area is 138 Å². The molecule has 4 nitrogen and oxygen atoms in total. The monoisotopic (exact) mass is 345 g/mol. The van der Waals surface area contributed by atoms with Gasteiger partial charge in [-0.25, -0.2) is 9.79 Å². The van der Waals surface area contributed by atoms with Crippen LogP contribution in [0.4, 0.5) is 14.5 Å². The highest BCUT2D eigenvalue weighted by molar-refractivity contribution is 6.67. The van der Waals surface area contributed by atoms with Gasteiger partial charge in [0.2, 0.25) is 0 Å². The summed E-state index contributed by atoms with van der Waals surface area (Å²) in [5.74, 6) is -3.25. The summed E-state index contributed by atoms with van der Waals surface area (Å²) in [5, 5.41) is -0.799. The third kappa shape index (κ3) is 6.78. The van der Waals surface area contributed by atoms with Gasteiger partial charge in [-0.1, -0.05) is 17.7 Å². The maximum atomic E-state index is 13.9. The van der Waals surface area contributed by atoms with Crippen LogP contribution in [0.25, 0.3) is 0 Å². The first kappa shape index (κ1) is 19.1. The van der Waals surface area contributed by atoms with Gasteiger partial charge in [-0.3, -0.25) is 0 Å². The molecule has 0 aliphatic carbocycles. The molecular formula is C16H18ClF2NO3. The molecule has 0 saturated heterocycles. The summed E-state index contributed by atoms with van der Waals surface area (Å²) >= 11 is 5.62. The molecule has 0 heterocycles. The summed E-state index contributed by atoms with van der Waals surface area (Å²) < 4.78 is 37.4. The van der Waals surface area contributed by atoms with Gasteiger partial charge >= 0.3 is 11.9 Å². The van der Waals surface area contributed by atoms with E-state index in [0.29, 0.717) is 11.4 Å². The van der Waals surface area contributed by atoms with Gasteiger partial charge in [0.1, 0.15) is 5.75 Å². The van der Waals surface area contributed by atoms with E-state index in [2.05, 4.69) is 9.73 Å². The van der Waals surface area contributed by atoms with Crippen LogP contribution in [0.1, 0.15) is 19.8 Å². The highest BCUT2D eigenvalue weighted by atomic mass is 35.5. The number of ether oxygens (including phenoxy) is 2. The van der Waals surface area contributed by atoms with Gasteiger partial charge in [-0.15, -0.1) is 0 Å². The summed E-state index contributed by atoms with van der Waals surface area (Å²) in [7, 11) is 1.50. The minimum atomic E-state index is -3.28. The summed E-state index contributed by atoms with van der Waals surface area (Å²) in [6.07, 6.45) is 1.86. The smallest absolute Gasteiger partial charge is 0.330 e. The van der Waals surface area contributed by atoms with E-state index in [1.165, 1.54) is 25.3 Å². The molecule has 0 amide bonds.